The van der Waals surface area contributed by atoms with E-state index in [1.54, 1.807) is 48.5 Å². The highest BCUT2D eigenvalue weighted by atomic mass is 16.4. The first-order valence-corrected chi connectivity index (χ1v) is 12.9. The molecule has 0 spiro atoms. The molecule has 0 aromatic heterocycles. The molecule has 0 atom stereocenters. The van der Waals surface area contributed by atoms with Gasteiger partial charge < -0.3 is 30.7 Å². The highest BCUT2D eigenvalue weighted by Gasteiger charge is 2.12. The molecule has 2 aromatic rings. The summed E-state index contributed by atoms with van der Waals surface area (Å²) in [5.41, 5.74) is 1.84. The predicted octanol–water partition coefficient (Wildman–Crippen LogP) is 2.30. The number of hydrogen-bond acceptors (Lipinski definition) is 6. The monoisotopic (exact) mass is 496 g/mol. The lowest BCUT2D eigenvalue weighted by atomic mass is 9.80. The molecule has 0 bridgehead atoms. The first kappa shape index (κ1) is 29.6. The summed E-state index contributed by atoms with van der Waals surface area (Å²) < 4.78 is 0. The van der Waals surface area contributed by atoms with E-state index >= 15 is 0 Å². The van der Waals surface area contributed by atoms with E-state index in [4.69, 9.17) is 0 Å². The Labute approximate surface area is 214 Å². The number of carbonyl (C=O) groups excluding carboxylic acids is 2. The number of nitrogens with one attached hydrogen (secondary N) is 2. The average Bonchev–Trinajstić information content (AvgIpc) is 2.85. The van der Waals surface area contributed by atoms with Crippen molar-refractivity contribution in [1.29, 1.82) is 0 Å². The quantitative estimate of drug-likeness (QED) is 0.147. The Bertz CT molecular complexity index is 867. The van der Waals surface area contributed by atoms with Crippen LogP contribution in [0, 0.1) is 0 Å². The van der Waals surface area contributed by atoms with E-state index in [0.717, 1.165) is 51.4 Å². The molecular formula is C26H38B2N2O6. The van der Waals surface area contributed by atoms with Crippen LogP contribution < -0.4 is 21.6 Å². The minimum Gasteiger partial charge on any atom is -0.423 e. The van der Waals surface area contributed by atoms with Crippen LogP contribution in [0.5, 0.6) is 0 Å². The Morgan fingerprint density at radius 3 is 1.22 bits per heavy atom. The van der Waals surface area contributed by atoms with Gasteiger partial charge in [-0.25, -0.2) is 0 Å². The summed E-state index contributed by atoms with van der Waals surface area (Å²) in [5, 5.41) is 42.4. The molecule has 0 heterocycles. The molecule has 0 unspecified atom stereocenters. The van der Waals surface area contributed by atoms with Gasteiger partial charge in [-0.1, -0.05) is 75.6 Å². The predicted molar refractivity (Wildman–Crippen MR) is 145 cm³/mol. The van der Waals surface area contributed by atoms with Crippen LogP contribution in [-0.2, 0) is 9.59 Å². The molecule has 36 heavy (non-hydrogen) atoms. The molecule has 0 aliphatic rings. The minimum atomic E-state index is -1.55. The second-order valence-electron chi connectivity index (χ2n) is 9.13. The van der Waals surface area contributed by atoms with Crippen LogP contribution in [-0.4, -0.2) is 46.1 Å². The number of hydrogen-bond donors (Lipinski definition) is 6. The number of amides is 2. The first-order valence-electron chi connectivity index (χ1n) is 12.9. The summed E-state index contributed by atoms with van der Waals surface area (Å²) in [4.78, 5) is 24.1. The molecule has 10 heteroatoms. The smallest absolute Gasteiger partial charge is 0.423 e. The second-order valence-corrected chi connectivity index (χ2v) is 9.13. The van der Waals surface area contributed by atoms with Crippen LogP contribution in [0.2, 0.25) is 0 Å². The maximum absolute atomic E-state index is 12.0. The molecule has 2 amide bonds. The van der Waals surface area contributed by atoms with Gasteiger partial charge in [-0.05, 0) is 48.0 Å². The van der Waals surface area contributed by atoms with Crippen LogP contribution in [0.1, 0.15) is 77.0 Å². The van der Waals surface area contributed by atoms with Gasteiger partial charge in [0.05, 0.1) is 0 Å². The van der Waals surface area contributed by atoms with Gasteiger partial charge in [0.25, 0.3) is 0 Å². The zero-order chi connectivity index (χ0) is 26.2. The van der Waals surface area contributed by atoms with Crippen molar-refractivity contribution in [2.24, 2.45) is 0 Å². The van der Waals surface area contributed by atoms with Crippen molar-refractivity contribution in [1.82, 2.24) is 0 Å². The summed E-state index contributed by atoms with van der Waals surface area (Å²) in [6.07, 6.45) is 11.5. The molecule has 0 aliphatic carbocycles. The van der Waals surface area contributed by atoms with Gasteiger partial charge in [-0.3, -0.25) is 9.59 Å². The summed E-state index contributed by atoms with van der Waals surface area (Å²) in [6.45, 7) is 0. The van der Waals surface area contributed by atoms with E-state index in [0.29, 0.717) is 35.1 Å². The van der Waals surface area contributed by atoms with Crippen molar-refractivity contribution in [3.63, 3.8) is 0 Å². The van der Waals surface area contributed by atoms with E-state index in [2.05, 4.69) is 10.6 Å². The largest absolute Gasteiger partial charge is 0.488 e. The Morgan fingerprint density at radius 2 is 0.889 bits per heavy atom. The third-order valence-corrected chi connectivity index (χ3v) is 5.99. The van der Waals surface area contributed by atoms with Crippen molar-refractivity contribution < 1.29 is 29.7 Å². The van der Waals surface area contributed by atoms with Crippen LogP contribution in [0.3, 0.4) is 0 Å². The number of unbranched alkanes of at least 4 members (excludes halogenated alkanes) is 9. The number of carbonyl (C=O) groups is 2. The molecule has 6 N–H and O–H groups in total. The fourth-order valence-electron chi connectivity index (χ4n) is 3.99. The molecule has 2 rings (SSSR count). The average molecular weight is 496 g/mol. The molecule has 0 radical (unpaired) electrons. The standard InChI is InChI=1S/C26H38B2N2O6/c31-25(29-23-15-11-13-21(19-23)27(33)34)17-9-7-5-3-1-2-4-6-8-10-18-26(32)30-24-16-12-14-22(20-24)28(35)36/h11-16,19-20,33-36H,1-10,17-18H2,(H,29,31)(H,30,32). The Hall–Kier alpha value is -2.65. The fourth-order valence-corrected chi connectivity index (χ4v) is 3.99. The van der Waals surface area contributed by atoms with Crippen LogP contribution in [0.4, 0.5) is 11.4 Å². The van der Waals surface area contributed by atoms with E-state index in [1.807, 2.05) is 0 Å². The lowest BCUT2D eigenvalue weighted by Crippen LogP contribution is -2.30. The van der Waals surface area contributed by atoms with Gasteiger partial charge in [0, 0.05) is 24.2 Å². The first-order chi connectivity index (χ1) is 17.3. The third-order valence-electron chi connectivity index (χ3n) is 5.99. The van der Waals surface area contributed by atoms with Gasteiger partial charge in [0.1, 0.15) is 0 Å². The van der Waals surface area contributed by atoms with Crippen LogP contribution in [0.15, 0.2) is 48.5 Å². The zero-order valence-electron chi connectivity index (χ0n) is 20.9. The van der Waals surface area contributed by atoms with E-state index < -0.39 is 14.2 Å². The van der Waals surface area contributed by atoms with Crippen molar-refractivity contribution in [3.05, 3.63) is 48.5 Å². The Kier molecular flexibility index (Phi) is 13.9. The van der Waals surface area contributed by atoms with Gasteiger partial charge in [-0.15, -0.1) is 0 Å². The van der Waals surface area contributed by atoms with Gasteiger partial charge in [0.2, 0.25) is 11.8 Å². The third kappa shape index (κ3) is 12.4. The molecule has 0 saturated carbocycles. The topological polar surface area (TPSA) is 139 Å². The van der Waals surface area contributed by atoms with Crippen molar-refractivity contribution in [3.8, 4) is 0 Å². The van der Waals surface area contributed by atoms with Crippen molar-refractivity contribution in [2.45, 2.75) is 77.0 Å². The molecule has 0 fully saturated rings. The Balaban J connectivity index is 1.41. The zero-order valence-corrected chi connectivity index (χ0v) is 20.9. The molecule has 194 valence electrons. The van der Waals surface area contributed by atoms with E-state index in [1.165, 1.54) is 12.8 Å². The molecule has 0 saturated heterocycles. The summed E-state index contributed by atoms with van der Waals surface area (Å²) in [5.74, 6) is -0.128. The summed E-state index contributed by atoms with van der Waals surface area (Å²) in [7, 11) is -3.10. The highest BCUT2D eigenvalue weighted by molar-refractivity contribution is 6.59. The summed E-state index contributed by atoms with van der Waals surface area (Å²) >= 11 is 0. The Morgan fingerprint density at radius 1 is 0.556 bits per heavy atom. The van der Waals surface area contributed by atoms with E-state index in [-0.39, 0.29) is 11.8 Å². The minimum absolute atomic E-state index is 0.0641. The normalized spacial score (nSPS) is 10.7. The number of benzene rings is 2. The highest BCUT2D eigenvalue weighted by Crippen LogP contribution is 2.13. The number of anilines is 2. The molecule has 2 aromatic carbocycles. The van der Waals surface area contributed by atoms with Crippen molar-refractivity contribution in [2.75, 3.05) is 10.6 Å². The fraction of sp³-hybridized carbons (Fsp3) is 0.462. The molecular weight excluding hydrogens is 458 g/mol. The lowest BCUT2D eigenvalue weighted by molar-refractivity contribution is -0.117. The second kappa shape index (κ2) is 16.9. The molecule has 0 aliphatic heterocycles. The van der Waals surface area contributed by atoms with E-state index in [9.17, 15) is 29.7 Å². The molecule has 8 nitrogen and oxygen atoms in total. The van der Waals surface area contributed by atoms with Gasteiger partial charge in [-0.2, -0.15) is 0 Å². The maximum Gasteiger partial charge on any atom is 0.488 e. The van der Waals surface area contributed by atoms with Crippen LogP contribution in [0.25, 0.3) is 0 Å². The van der Waals surface area contributed by atoms with Gasteiger partial charge in [0.15, 0.2) is 0 Å². The summed E-state index contributed by atoms with van der Waals surface area (Å²) in [6, 6.07) is 13.1. The maximum atomic E-state index is 12.0. The lowest BCUT2D eigenvalue weighted by Gasteiger charge is -2.07. The van der Waals surface area contributed by atoms with Gasteiger partial charge >= 0.3 is 14.2 Å². The van der Waals surface area contributed by atoms with Crippen LogP contribution >= 0.6 is 0 Å². The van der Waals surface area contributed by atoms with Crippen molar-refractivity contribution >= 4 is 48.4 Å². The number of rotatable bonds is 17. The SMILES string of the molecule is O=C(CCCCCCCCCCCCC(=O)Nc1cccc(B(O)O)c1)Nc1cccc(B(O)O)c1.